The number of aryl methyl sites for hydroxylation is 2. The van der Waals surface area contributed by atoms with Crippen LogP contribution in [0.25, 0.3) is 0 Å². The van der Waals surface area contributed by atoms with Gasteiger partial charge in [-0.25, -0.2) is 4.98 Å². The largest absolute Gasteiger partial charge is 0.477 e. The highest BCUT2D eigenvalue weighted by molar-refractivity contribution is 6.06. The highest BCUT2D eigenvalue weighted by atomic mass is 16.5. The first-order chi connectivity index (χ1) is 11.6. The van der Waals surface area contributed by atoms with Gasteiger partial charge in [-0.3, -0.25) is 9.59 Å². The van der Waals surface area contributed by atoms with Gasteiger partial charge < -0.3 is 15.4 Å². The number of nitrogens with zero attached hydrogens (tertiary/aromatic N) is 1. The Morgan fingerprint density at radius 2 is 2.17 bits per heavy atom. The maximum Gasteiger partial charge on any atom is 0.256 e. The molecular formula is C18H17N3O3. The van der Waals surface area contributed by atoms with Crippen LogP contribution < -0.4 is 15.4 Å². The van der Waals surface area contributed by atoms with Gasteiger partial charge >= 0.3 is 0 Å². The number of carbonyl (C=O) groups excluding carboxylic acids is 2. The molecule has 0 unspecified atom stereocenters. The molecule has 0 fully saturated rings. The number of benzene rings is 1. The fourth-order valence-corrected chi connectivity index (χ4v) is 3.26. The van der Waals surface area contributed by atoms with Gasteiger partial charge in [-0.15, -0.1) is 0 Å². The average Bonchev–Trinajstić information content (AvgIpc) is 3.04. The molecule has 3 heterocycles. The summed E-state index contributed by atoms with van der Waals surface area (Å²) in [5.41, 5.74) is 5.05. The first kappa shape index (κ1) is 14.7. The molecule has 2 amide bonds. The van der Waals surface area contributed by atoms with Gasteiger partial charge in [0.25, 0.3) is 5.91 Å². The maximum atomic E-state index is 12.6. The molecule has 0 saturated heterocycles. The van der Waals surface area contributed by atoms with Gasteiger partial charge in [-0.05, 0) is 42.7 Å². The molecule has 0 bridgehead atoms. The van der Waals surface area contributed by atoms with Crippen LogP contribution in [0.1, 0.15) is 33.5 Å². The summed E-state index contributed by atoms with van der Waals surface area (Å²) in [5, 5.41) is 5.85. The first-order valence-electron chi connectivity index (χ1n) is 7.97. The molecule has 1 aromatic heterocycles. The third-order valence-corrected chi connectivity index (χ3v) is 4.41. The zero-order valence-electron chi connectivity index (χ0n) is 13.3. The lowest BCUT2D eigenvalue weighted by molar-refractivity contribution is -0.116. The number of hydrogen-bond donors (Lipinski definition) is 2. The molecule has 0 spiro atoms. The van der Waals surface area contributed by atoms with E-state index in [9.17, 15) is 9.59 Å². The van der Waals surface area contributed by atoms with Crippen LogP contribution in [0.4, 0.5) is 11.4 Å². The molecule has 0 saturated carbocycles. The van der Waals surface area contributed by atoms with Crippen molar-refractivity contribution in [3.63, 3.8) is 0 Å². The maximum absolute atomic E-state index is 12.6. The monoisotopic (exact) mass is 323 g/mol. The number of aromatic nitrogens is 1. The van der Waals surface area contributed by atoms with Gasteiger partial charge in [0, 0.05) is 41.5 Å². The van der Waals surface area contributed by atoms with Crippen LogP contribution in [0, 0.1) is 6.92 Å². The Balaban J connectivity index is 1.62. The van der Waals surface area contributed by atoms with Gasteiger partial charge in [0.2, 0.25) is 11.8 Å². The number of amides is 2. The lowest BCUT2D eigenvalue weighted by Crippen LogP contribution is -2.21. The molecule has 2 aliphatic heterocycles. The lowest BCUT2D eigenvalue weighted by Gasteiger charge is -2.20. The number of fused-ring (bicyclic) bond motifs is 2. The topological polar surface area (TPSA) is 80.3 Å². The number of nitrogens with one attached hydrogen (secondary N) is 2. The van der Waals surface area contributed by atoms with Crippen LogP contribution in [0.3, 0.4) is 0 Å². The third kappa shape index (κ3) is 2.50. The van der Waals surface area contributed by atoms with Crippen LogP contribution >= 0.6 is 0 Å². The van der Waals surface area contributed by atoms with E-state index in [4.69, 9.17) is 4.74 Å². The minimum absolute atomic E-state index is 0.0368. The van der Waals surface area contributed by atoms with Crippen molar-refractivity contribution in [1.29, 1.82) is 0 Å². The van der Waals surface area contributed by atoms with E-state index in [1.54, 1.807) is 12.3 Å². The lowest BCUT2D eigenvalue weighted by atomic mass is 9.98. The van der Waals surface area contributed by atoms with Gasteiger partial charge in [0.1, 0.15) is 0 Å². The molecular weight excluding hydrogens is 306 g/mol. The predicted octanol–water partition coefficient (Wildman–Crippen LogP) is 2.46. The SMILES string of the molecule is Cc1cc(NC(=O)c2ccnc3c2CCO3)cc2c1NC(=O)CC2. The molecule has 24 heavy (non-hydrogen) atoms. The van der Waals surface area contributed by atoms with Crippen molar-refractivity contribution in [2.24, 2.45) is 0 Å². The van der Waals surface area contributed by atoms with E-state index in [2.05, 4.69) is 15.6 Å². The quantitative estimate of drug-likeness (QED) is 0.889. The summed E-state index contributed by atoms with van der Waals surface area (Å²) in [7, 11) is 0. The summed E-state index contributed by atoms with van der Waals surface area (Å²) in [6.45, 7) is 2.49. The molecule has 6 heteroatoms. The van der Waals surface area contributed by atoms with Gasteiger partial charge in [-0.1, -0.05) is 0 Å². The van der Waals surface area contributed by atoms with Crippen LogP contribution in [-0.2, 0) is 17.6 Å². The Bertz CT molecular complexity index is 861. The minimum Gasteiger partial charge on any atom is -0.477 e. The Kier molecular flexibility index (Phi) is 3.45. The van der Waals surface area contributed by atoms with Crippen molar-refractivity contribution in [3.8, 4) is 5.88 Å². The molecule has 4 rings (SSSR count). The summed E-state index contributed by atoms with van der Waals surface area (Å²) < 4.78 is 5.41. The predicted molar refractivity (Wildman–Crippen MR) is 89.5 cm³/mol. The minimum atomic E-state index is -0.168. The van der Waals surface area contributed by atoms with Crippen LogP contribution in [0.5, 0.6) is 5.88 Å². The summed E-state index contributed by atoms with van der Waals surface area (Å²) in [6, 6.07) is 5.52. The smallest absolute Gasteiger partial charge is 0.256 e. The number of pyridine rings is 1. The Morgan fingerprint density at radius 3 is 3.04 bits per heavy atom. The Hall–Kier alpha value is -2.89. The normalized spacial score (nSPS) is 15.1. The average molecular weight is 323 g/mol. The van der Waals surface area contributed by atoms with Crippen molar-refractivity contribution >= 4 is 23.2 Å². The number of ether oxygens (including phenoxy) is 1. The van der Waals surface area contributed by atoms with Crippen molar-refractivity contribution in [3.05, 3.63) is 46.6 Å². The van der Waals surface area contributed by atoms with E-state index in [1.807, 2.05) is 19.1 Å². The van der Waals surface area contributed by atoms with E-state index >= 15 is 0 Å². The fraction of sp³-hybridized carbons (Fsp3) is 0.278. The van der Waals surface area contributed by atoms with Crippen molar-refractivity contribution in [2.75, 3.05) is 17.2 Å². The summed E-state index contributed by atoms with van der Waals surface area (Å²) in [6.07, 6.45) is 3.44. The van der Waals surface area contributed by atoms with Gasteiger partial charge in [-0.2, -0.15) is 0 Å². The highest BCUT2D eigenvalue weighted by Crippen LogP contribution is 2.31. The Morgan fingerprint density at radius 1 is 1.29 bits per heavy atom. The summed E-state index contributed by atoms with van der Waals surface area (Å²) in [4.78, 5) is 28.3. The second-order valence-electron chi connectivity index (χ2n) is 6.07. The van der Waals surface area contributed by atoms with E-state index in [1.165, 1.54) is 0 Å². The Labute approximate surface area is 139 Å². The fourth-order valence-electron chi connectivity index (χ4n) is 3.26. The van der Waals surface area contributed by atoms with Crippen LogP contribution in [0.2, 0.25) is 0 Å². The molecule has 2 aromatic rings. The molecule has 2 aliphatic rings. The molecule has 6 nitrogen and oxygen atoms in total. The second-order valence-corrected chi connectivity index (χ2v) is 6.07. The zero-order chi connectivity index (χ0) is 16.7. The zero-order valence-corrected chi connectivity index (χ0v) is 13.3. The molecule has 0 radical (unpaired) electrons. The third-order valence-electron chi connectivity index (χ3n) is 4.41. The standard InChI is InChI=1S/C18H17N3O3/c1-10-8-12(9-11-2-3-15(22)21-16(10)11)20-17(23)13-4-6-19-18-14(13)5-7-24-18/h4,6,8-9H,2-3,5,7H2,1H3,(H,20,23)(H,21,22). The molecule has 2 N–H and O–H groups in total. The molecule has 122 valence electrons. The molecule has 0 aliphatic carbocycles. The molecule has 1 aromatic carbocycles. The number of rotatable bonds is 2. The first-order valence-corrected chi connectivity index (χ1v) is 7.97. The van der Waals surface area contributed by atoms with Crippen molar-refractivity contribution < 1.29 is 14.3 Å². The second kappa shape index (κ2) is 5.63. The van der Waals surface area contributed by atoms with Crippen LogP contribution in [0.15, 0.2) is 24.4 Å². The van der Waals surface area contributed by atoms with E-state index in [0.717, 1.165) is 28.1 Å². The summed E-state index contributed by atoms with van der Waals surface area (Å²) in [5.74, 6) is 0.417. The van der Waals surface area contributed by atoms with E-state index in [-0.39, 0.29) is 11.8 Å². The highest BCUT2D eigenvalue weighted by Gasteiger charge is 2.22. The van der Waals surface area contributed by atoms with E-state index < -0.39 is 0 Å². The van der Waals surface area contributed by atoms with Gasteiger partial charge in [0.15, 0.2) is 0 Å². The van der Waals surface area contributed by atoms with Crippen molar-refractivity contribution in [1.82, 2.24) is 4.98 Å². The molecule has 0 atom stereocenters. The van der Waals surface area contributed by atoms with Gasteiger partial charge in [0.05, 0.1) is 6.61 Å². The summed E-state index contributed by atoms with van der Waals surface area (Å²) >= 11 is 0. The number of hydrogen-bond acceptors (Lipinski definition) is 4. The number of carbonyl (C=O) groups is 2. The number of anilines is 2. The van der Waals surface area contributed by atoms with Crippen molar-refractivity contribution in [2.45, 2.75) is 26.2 Å². The van der Waals surface area contributed by atoms with Crippen LogP contribution in [-0.4, -0.2) is 23.4 Å². The van der Waals surface area contributed by atoms with E-state index in [0.29, 0.717) is 37.3 Å².